The minimum Gasteiger partial charge on any atom is -0.493 e. The van der Waals surface area contributed by atoms with Crippen LogP contribution in [0.4, 0.5) is 10.1 Å². The Morgan fingerprint density at radius 2 is 1.62 bits per heavy atom. The van der Waals surface area contributed by atoms with E-state index in [2.05, 4.69) is 10.0 Å². The number of methoxy groups -OCH3 is 1. The lowest BCUT2D eigenvalue weighted by atomic mass is 10.0. The topological polar surface area (TPSA) is 144 Å². The molecular formula is C29H27FN4O5S. The minimum atomic E-state index is -4.31. The average Bonchev–Trinajstić information content (AvgIpc) is 2.95. The van der Waals surface area contributed by atoms with E-state index in [4.69, 9.17) is 20.6 Å². The Morgan fingerprint density at radius 3 is 2.25 bits per heavy atom. The van der Waals surface area contributed by atoms with Crippen LogP contribution in [0.1, 0.15) is 22.7 Å². The van der Waals surface area contributed by atoms with Gasteiger partial charge in [-0.2, -0.15) is 0 Å². The zero-order valence-corrected chi connectivity index (χ0v) is 22.2. The Labute approximate surface area is 231 Å². The number of amidine groups is 1. The molecule has 40 heavy (non-hydrogen) atoms. The summed E-state index contributed by atoms with van der Waals surface area (Å²) in [6, 6.07) is 23.7. The van der Waals surface area contributed by atoms with E-state index in [0.717, 1.165) is 29.8 Å². The maximum atomic E-state index is 13.4. The van der Waals surface area contributed by atoms with Gasteiger partial charge >= 0.3 is 0 Å². The maximum Gasteiger partial charge on any atom is 0.264 e. The summed E-state index contributed by atoms with van der Waals surface area (Å²) in [5.74, 6) is -0.858. The minimum absolute atomic E-state index is 0.123. The smallest absolute Gasteiger partial charge is 0.264 e. The summed E-state index contributed by atoms with van der Waals surface area (Å²) < 4.78 is 52.6. The second-order valence-electron chi connectivity index (χ2n) is 8.68. The maximum absolute atomic E-state index is 13.4. The van der Waals surface area contributed by atoms with Gasteiger partial charge in [-0.3, -0.25) is 10.2 Å². The molecule has 0 aliphatic carbocycles. The highest BCUT2D eigenvalue weighted by atomic mass is 32.2. The lowest BCUT2D eigenvalue weighted by Crippen LogP contribution is -2.37. The van der Waals surface area contributed by atoms with Crippen LogP contribution in [0.25, 0.3) is 0 Å². The SMILES string of the molecule is COc1cc(C(Nc2ccc(C(=N)N)cc2)C(=O)NS(=O)(=O)c2ccc(F)cc2)ccc1OCc1ccccc1. The third-order valence-electron chi connectivity index (χ3n) is 5.89. The highest BCUT2D eigenvalue weighted by molar-refractivity contribution is 7.90. The average molecular weight is 563 g/mol. The van der Waals surface area contributed by atoms with Gasteiger partial charge in [-0.05, 0) is 71.8 Å². The largest absolute Gasteiger partial charge is 0.493 e. The highest BCUT2D eigenvalue weighted by Gasteiger charge is 2.27. The Hall–Kier alpha value is -4.90. The predicted molar refractivity (Wildman–Crippen MR) is 149 cm³/mol. The first-order chi connectivity index (χ1) is 19.2. The quantitative estimate of drug-likeness (QED) is 0.157. The van der Waals surface area contributed by atoms with Crippen molar-refractivity contribution in [2.75, 3.05) is 12.4 Å². The summed E-state index contributed by atoms with van der Waals surface area (Å²) in [7, 11) is -2.85. The number of carbonyl (C=O) groups is 1. The van der Waals surface area contributed by atoms with Gasteiger partial charge in [-0.25, -0.2) is 17.5 Å². The van der Waals surface area contributed by atoms with Crippen LogP contribution in [0.3, 0.4) is 0 Å². The normalized spacial score (nSPS) is 11.8. The first-order valence-corrected chi connectivity index (χ1v) is 13.5. The molecule has 0 spiro atoms. The van der Waals surface area contributed by atoms with Crippen LogP contribution in [0.5, 0.6) is 11.5 Å². The number of carbonyl (C=O) groups excluding carboxylic acids is 1. The van der Waals surface area contributed by atoms with Crippen LogP contribution in [-0.4, -0.2) is 27.3 Å². The van der Waals surface area contributed by atoms with Gasteiger partial charge in [0.05, 0.1) is 12.0 Å². The lowest BCUT2D eigenvalue weighted by molar-refractivity contribution is -0.120. The number of rotatable bonds is 11. The molecule has 4 aromatic carbocycles. The van der Waals surface area contributed by atoms with Crippen LogP contribution in [0.15, 0.2) is 102 Å². The van der Waals surface area contributed by atoms with Crippen molar-refractivity contribution in [1.29, 1.82) is 5.41 Å². The molecule has 0 fully saturated rings. The standard InChI is InChI=1S/C29H27FN4O5S/c1-38-26-17-21(9-16-25(26)39-18-19-5-3-2-4-6-19)27(33-23-12-7-20(8-13-23)28(31)32)29(35)34-40(36,37)24-14-10-22(30)11-15-24/h2-17,27,33H,18H2,1H3,(H3,31,32)(H,34,35). The third-order valence-corrected chi connectivity index (χ3v) is 7.25. The lowest BCUT2D eigenvalue weighted by Gasteiger charge is -2.21. The summed E-state index contributed by atoms with van der Waals surface area (Å²) >= 11 is 0. The molecule has 1 amide bonds. The van der Waals surface area contributed by atoms with E-state index in [-0.39, 0.29) is 17.3 Å². The zero-order chi connectivity index (χ0) is 28.7. The summed E-state index contributed by atoms with van der Waals surface area (Å²) in [5, 5.41) is 10.6. The number of amides is 1. The fraction of sp³-hybridized carbons (Fsp3) is 0.103. The first kappa shape index (κ1) is 28.1. The highest BCUT2D eigenvalue weighted by Crippen LogP contribution is 2.32. The number of hydrogen-bond donors (Lipinski definition) is 4. The summed E-state index contributed by atoms with van der Waals surface area (Å²) in [6.07, 6.45) is 0. The van der Waals surface area contributed by atoms with Crippen molar-refractivity contribution in [3.8, 4) is 11.5 Å². The van der Waals surface area contributed by atoms with Crippen molar-refractivity contribution in [2.24, 2.45) is 5.73 Å². The van der Waals surface area contributed by atoms with Crippen molar-refractivity contribution >= 4 is 27.5 Å². The molecule has 0 bridgehead atoms. The zero-order valence-electron chi connectivity index (χ0n) is 21.4. The number of anilines is 1. The molecule has 5 N–H and O–H groups in total. The molecule has 0 aliphatic rings. The van der Waals surface area contributed by atoms with Crippen LogP contribution in [-0.2, 0) is 21.4 Å². The van der Waals surface area contributed by atoms with Crippen LogP contribution >= 0.6 is 0 Å². The fourth-order valence-electron chi connectivity index (χ4n) is 3.80. The molecule has 11 heteroatoms. The molecule has 206 valence electrons. The van der Waals surface area contributed by atoms with Crippen LogP contribution in [0.2, 0.25) is 0 Å². The molecule has 0 aromatic heterocycles. The molecule has 1 atom stereocenters. The predicted octanol–water partition coefficient (Wildman–Crippen LogP) is 4.36. The molecule has 0 radical (unpaired) electrons. The number of nitrogen functional groups attached to an aromatic ring is 1. The first-order valence-electron chi connectivity index (χ1n) is 12.0. The Balaban J connectivity index is 1.64. The molecule has 0 saturated heterocycles. The Morgan fingerprint density at radius 1 is 0.950 bits per heavy atom. The molecule has 0 heterocycles. The van der Waals surface area contributed by atoms with E-state index in [1.165, 1.54) is 7.11 Å². The van der Waals surface area contributed by atoms with Gasteiger partial charge in [-0.1, -0.05) is 36.4 Å². The molecule has 1 unspecified atom stereocenters. The summed E-state index contributed by atoms with van der Waals surface area (Å²) in [5.41, 5.74) is 7.81. The fourth-order valence-corrected chi connectivity index (χ4v) is 4.79. The van der Waals surface area contributed by atoms with E-state index in [9.17, 15) is 17.6 Å². The van der Waals surface area contributed by atoms with Gasteiger partial charge in [0.1, 0.15) is 24.3 Å². The number of sulfonamides is 1. The Bertz CT molecular complexity index is 1600. The number of ether oxygens (including phenoxy) is 2. The molecule has 9 nitrogen and oxygen atoms in total. The van der Waals surface area contributed by atoms with Gasteiger partial charge in [-0.15, -0.1) is 0 Å². The monoisotopic (exact) mass is 562 g/mol. The Kier molecular flexibility index (Phi) is 8.65. The van der Waals surface area contributed by atoms with Crippen LogP contribution in [0, 0.1) is 11.2 Å². The molecule has 4 rings (SSSR count). The van der Waals surface area contributed by atoms with Gasteiger partial charge in [0.15, 0.2) is 11.5 Å². The second kappa shape index (κ2) is 12.3. The molecule has 0 saturated carbocycles. The van der Waals surface area contributed by atoms with E-state index in [0.29, 0.717) is 28.3 Å². The van der Waals surface area contributed by atoms with Gasteiger partial charge in [0.2, 0.25) is 0 Å². The van der Waals surface area contributed by atoms with Crippen molar-refractivity contribution < 1.29 is 27.1 Å². The number of nitrogens with one attached hydrogen (secondary N) is 3. The van der Waals surface area contributed by atoms with E-state index in [1.54, 1.807) is 42.5 Å². The van der Waals surface area contributed by atoms with Crippen molar-refractivity contribution in [1.82, 2.24) is 4.72 Å². The van der Waals surface area contributed by atoms with Gasteiger partial charge in [0.25, 0.3) is 15.9 Å². The molecule has 0 aliphatic heterocycles. The van der Waals surface area contributed by atoms with E-state index < -0.39 is 27.8 Å². The second-order valence-corrected chi connectivity index (χ2v) is 10.4. The summed E-state index contributed by atoms with van der Waals surface area (Å²) in [4.78, 5) is 13.2. The molecule has 4 aromatic rings. The third kappa shape index (κ3) is 6.94. The van der Waals surface area contributed by atoms with E-state index >= 15 is 0 Å². The van der Waals surface area contributed by atoms with Crippen molar-refractivity contribution in [2.45, 2.75) is 17.5 Å². The number of hydrogen-bond acceptors (Lipinski definition) is 7. The van der Waals surface area contributed by atoms with Gasteiger partial charge < -0.3 is 20.5 Å². The number of benzene rings is 4. The van der Waals surface area contributed by atoms with Crippen molar-refractivity contribution in [3.05, 3.63) is 120 Å². The number of halogens is 1. The van der Waals surface area contributed by atoms with Gasteiger partial charge in [0, 0.05) is 11.3 Å². The number of nitrogens with two attached hydrogens (primary N) is 1. The summed E-state index contributed by atoms with van der Waals surface area (Å²) in [6.45, 7) is 0.289. The molecular weight excluding hydrogens is 535 g/mol. The van der Waals surface area contributed by atoms with E-state index in [1.807, 2.05) is 30.3 Å². The van der Waals surface area contributed by atoms with Crippen molar-refractivity contribution in [3.63, 3.8) is 0 Å². The van der Waals surface area contributed by atoms with Crippen LogP contribution < -0.4 is 25.2 Å².